The molecule has 234 valence electrons. The Balaban J connectivity index is 1.51. The number of nitrogens with zero attached hydrogens (tertiary/aromatic N) is 3. The fraction of sp³-hybridized carbons (Fsp3) is 0.200. The molecule has 1 aliphatic rings. The molecular weight excluding hydrogens is 607 g/mol. The van der Waals surface area contributed by atoms with Crippen molar-refractivity contribution in [2.75, 3.05) is 24.7 Å². The van der Waals surface area contributed by atoms with Gasteiger partial charge in [0.1, 0.15) is 17.2 Å². The van der Waals surface area contributed by atoms with Gasteiger partial charge in [0.25, 0.3) is 5.91 Å². The molecule has 1 atom stereocenters. The highest BCUT2D eigenvalue weighted by Gasteiger charge is 2.28. The fourth-order valence-electron chi connectivity index (χ4n) is 6.23. The molecule has 0 saturated carbocycles. The smallest absolute Gasteiger partial charge is 0.255 e. The van der Waals surface area contributed by atoms with Crippen LogP contribution in [0.1, 0.15) is 21.5 Å². The summed E-state index contributed by atoms with van der Waals surface area (Å²) >= 11 is 0. The molecule has 2 N–H and O–H groups in total. The van der Waals surface area contributed by atoms with Gasteiger partial charge in [-0.25, -0.2) is 17.8 Å². The number of rotatable bonds is 5. The number of aromatic nitrogens is 2. The predicted molar refractivity (Wildman–Crippen MR) is 177 cm³/mol. The van der Waals surface area contributed by atoms with E-state index in [9.17, 15) is 22.7 Å². The van der Waals surface area contributed by atoms with Gasteiger partial charge in [0.05, 0.1) is 46.2 Å². The van der Waals surface area contributed by atoms with Crippen LogP contribution in [0.4, 0.5) is 10.1 Å². The Labute approximate surface area is 265 Å². The second-order valence-corrected chi connectivity index (χ2v) is 13.7. The van der Waals surface area contributed by atoms with Gasteiger partial charge in [-0.3, -0.25) is 9.10 Å². The van der Waals surface area contributed by atoms with Gasteiger partial charge in [0.15, 0.2) is 0 Å². The first-order valence-corrected chi connectivity index (χ1v) is 16.6. The second-order valence-electron chi connectivity index (χ2n) is 11.7. The Hall–Kier alpha value is -5.00. The van der Waals surface area contributed by atoms with E-state index in [1.807, 2.05) is 41.8 Å². The van der Waals surface area contributed by atoms with Crippen molar-refractivity contribution in [2.24, 2.45) is 0 Å². The van der Waals surface area contributed by atoms with Gasteiger partial charge in [-0.05, 0) is 42.8 Å². The quantitative estimate of drug-likeness (QED) is 0.243. The zero-order valence-electron chi connectivity index (χ0n) is 25.6. The number of halogens is 1. The lowest BCUT2D eigenvalue weighted by Gasteiger charge is -2.21. The SMILES string of the molecule is CNC(=O)c1c(-c2ccc(C)cc2)oc2cc(N(C)S(C)(=O)=O)c(-c3ccc4c(n3)-c3cc5c(F)cccc5n3CC(O)C4)cc12. The summed E-state index contributed by atoms with van der Waals surface area (Å²) in [4.78, 5) is 18.4. The van der Waals surface area contributed by atoms with Crippen LogP contribution in [-0.4, -0.2) is 55.4 Å². The van der Waals surface area contributed by atoms with Crippen molar-refractivity contribution in [2.45, 2.75) is 26.0 Å². The standard InChI is InChI=1S/C35H31FN4O5S/c1-19-8-10-20(11-9-19)34-32(35(42)37-2)25-15-24(29(17-31(25)45-34)39(3)46(4,43)44)27-13-12-21-14-22(41)18-40-28-7-5-6-26(36)23(28)16-30(40)33(21)38-27/h5-13,15-17,22,41H,14,18H2,1-4H3,(H,37,42). The number of fused-ring (bicyclic) bond motifs is 6. The molecule has 0 spiro atoms. The molecule has 1 unspecified atom stereocenters. The van der Waals surface area contributed by atoms with Gasteiger partial charge in [-0.2, -0.15) is 0 Å². The molecule has 0 bridgehead atoms. The van der Waals surface area contributed by atoms with Gasteiger partial charge >= 0.3 is 0 Å². The average Bonchev–Trinajstić information content (AvgIpc) is 3.54. The lowest BCUT2D eigenvalue weighted by Crippen LogP contribution is -2.25. The van der Waals surface area contributed by atoms with Crippen molar-refractivity contribution in [1.82, 2.24) is 14.9 Å². The van der Waals surface area contributed by atoms with Crippen LogP contribution in [0.2, 0.25) is 0 Å². The Bertz CT molecular complexity index is 2310. The van der Waals surface area contributed by atoms with Crippen LogP contribution in [0.3, 0.4) is 0 Å². The minimum absolute atomic E-state index is 0.258. The number of hydrogen-bond acceptors (Lipinski definition) is 6. The van der Waals surface area contributed by atoms with Crippen LogP contribution in [0.5, 0.6) is 0 Å². The minimum atomic E-state index is -3.73. The monoisotopic (exact) mass is 638 g/mol. The van der Waals surface area contributed by atoms with E-state index < -0.39 is 16.1 Å². The lowest BCUT2D eigenvalue weighted by molar-refractivity contribution is 0.0964. The summed E-state index contributed by atoms with van der Waals surface area (Å²) in [6, 6.07) is 21.1. The number of aliphatic hydroxyl groups is 1. The molecule has 0 aliphatic carbocycles. The van der Waals surface area contributed by atoms with Crippen molar-refractivity contribution in [3.05, 3.63) is 95.3 Å². The molecule has 3 aromatic heterocycles. The number of pyridine rings is 1. The molecule has 3 aromatic carbocycles. The van der Waals surface area contributed by atoms with Crippen LogP contribution in [0, 0.1) is 12.7 Å². The number of nitrogens with one attached hydrogen (secondary N) is 1. The van der Waals surface area contributed by atoms with E-state index in [0.29, 0.717) is 73.5 Å². The molecule has 0 radical (unpaired) electrons. The largest absolute Gasteiger partial charge is 0.455 e. The maximum absolute atomic E-state index is 14.9. The number of amides is 1. The van der Waals surface area contributed by atoms with E-state index in [2.05, 4.69) is 5.32 Å². The molecule has 11 heteroatoms. The van der Waals surface area contributed by atoms with E-state index in [1.54, 1.807) is 36.4 Å². The summed E-state index contributed by atoms with van der Waals surface area (Å²) in [6.45, 7) is 2.22. The molecular formula is C35H31FN4O5S. The van der Waals surface area contributed by atoms with Gasteiger partial charge in [-0.1, -0.05) is 42.0 Å². The first-order chi connectivity index (χ1) is 21.9. The summed E-state index contributed by atoms with van der Waals surface area (Å²) in [5.74, 6) is -0.381. The van der Waals surface area contributed by atoms with Crippen LogP contribution in [-0.2, 0) is 23.0 Å². The lowest BCUT2D eigenvalue weighted by atomic mass is 9.99. The van der Waals surface area contributed by atoms with Crippen molar-refractivity contribution in [3.63, 3.8) is 0 Å². The number of benzene rings is 3. The Kier molecular flexibility index (Phi) is 6.98. The Morgan fingerprint density at radius 2 is 1.85 bits per heavy atom. The Morgan fingerprint density at radius 3 is 2.57 bits per heavy atom. The molecule has 1 amide bonds. The first kappa shape index (κ1) is 29.7. The number of hydrogen-bond donors (Lipinski definition) is 2. The number of aliphatic hydroxyl groups excluding tert-OH is 1. The summed E-state index contributed by atoms with van der Waals surface area (Å²) in [5.41, 5.74) is 6.17. The predicted octanol–water partition coefficient (Wildman–Crippen LogP) is 5.90. The molecule has 7 rings (SSSR count). The van der Waals surface area contributed by atoms with E-state index in [0.717, 1.165) is 21.7 Å². The molecule has 0 saturated heterocycles. The van der Waals surface area contributed by atoms with E-state index in [1.165, 1.54) is 20.2 Å². The average molecular weight is 639 g/mol. The van der Waals surface area contributed by atoms with Crippen molar-refractivity contribution in [3.8, 4) is 34.0 Å². The van der Waals surface area contributed by atoms with Crippen molar-refractivity contribution >= 4 is 43.5 Å². The number of anilines is 1. The third kappa shape index (κ3) is 4.83. The second kappa shape index (κ2) is 10.8. The summed E-state index contributed by atoms with van der Waals surface area (Å²) in [6.07, 6.45) is 0.713. The zero-order chi connectivity index (χ0) is 32.5. The van der Waals surface area contributed by atoms with E-state index in [-0.39, 0.29) is 18.3 Å². The highest BCUT2D eigenvalue weighted by Crippen LogP contribution is 2.42. The van der Waals surface area contributed by atoms with Gasteiger partial charge in [-0.15, -0.1) is 0 Å². The summed E-state index contributed by atoms with van der Waals surface area (Å²) in [7, 11) is -0.745. The minimum Gasteiger partial charge on any atom is -0.455 e. The number of sulfonamides is 1. The third-order valence-corrected chi connectivity index (χ3v) is 9.84. The topological polar surface area (TPSA) is 118 Å². The number of carbonyl (C=O) groups excluding carboxylic acids is 1. The maximum atomic E-state index is 14.9. The molecule has 46 heavy (non-hydrogen) atoms. The molecule has 6 aromatic rings. The molecule has 9 nitrogen and oxygen atoms in total. The molecule has 0 fully saturated rings. The molecule has 4 heterocycles. The summed E-state index contributed by atoms with van der Waals surface area (Å²) < 4.78 is 49.9. The van der Waals surface area contributed by atoms with Crippen LogP contribution < -0.4 is 9.62 Å². The first-order valence-electron chi connectivity index (χ1n) is 14.7. The molecule has 1 aliphatic heterocycles. The normalized spacial score (nSPS) is 14.6. The van der Waals surface area contributed by atoms with Crippen LogP contribution in [0.25, 0.3) is 55.8 Å². The maximum Gasteiger partial charge on any atom is 0.255 e. The van der Waals surface area contributed by atoms with E-state index in [4.69, 9.17) is 9.40 Å². The van der Waals surface area contributed by atoms with Gasteiger partial charge in [0, 0.05) is 55.0 Å². The van der Waals surface area contributed by atoms with Gasteiger partial charge in [0.2, 0.25) is 10.0 Å². The van der Waals surface area contributed by atoms with Gasteiger partial charge < -0.3 is 19.4 Å². The highest BCUT2D eigenvalue weighted by atomic mass is 32.2. The van der Waals surface area contributed by atoms with Crippen LogP contribution >= 0.6 is 0 Å². The number of aryl methyl sites for hydroxylation is 1. The Morgan fingerprint density at radius 1 is 1.09 bits per heavy atom. The van der Waals surface area contributed by atoms with Crippen LogP contribution in [0.15, 0.2) is 77.2 Å². The fourth-order valence-corrected chi connectivity index (χ4v) is 6.74. The van der Waals surface area contributed by atoms with Crippen molar-refractivity contribution in [1.29, 1.82) is 0 Å². The van der Waals surface area contributed by atoms with Crippen molar-refractivity contribution < 1.29 is 27.1 Å². The third-order valence-electron chi connectivity index (χ3n) is 8.65. The zero-order valence-corrected chi connectivity index (χ0v) is 26.4. The number of furan rings is 1. The highest BCUT2D eigenvalue weighted by molar-refractivity contribution is 7.92. The summed E-state index contributed by atoms with van der Waals surface area (Å²) in [5, 5.41) is 14.5. The van der Waals surface area contributed by atoms with E-state index >= 15 is 0 Å². The number of carbonyl (C=O) groups is 1.